The molecule has 3 aromatic carbocycles. The summed E-state index contributed by atoms with van der Waals surface area (Å²) in [6.07, 6.45) is 0.334. The second-order valence-electron chi connectivity index (χ2n) is 6.60. The molecule has 28 heavy (non-hydrogen) atoms. The van der Waals surface area contributed by atoms with E-state index in [1.54, 1.807) is 31.1 Å². The van der Waals surface area contributed by atoms with Gasteiger partial charge in [-0.3, -0.25) is 9.59 Å². The van der Waals surface area contributed by atoms with Gasteiger partial charge in [-0.05, 0) is 50.5 Å². The summed E-state index contributed by atoms with van der Waals surface area (Å²) in [5.41, 5.74) is 1.56. The number of fused-ring (bicyclic) bond motifs is 1. The Morgan fingerprint density at radius 3 is 2.43 bits per heavy atom. The van der Waals surface area contributed by atoms with Crippen molar-refractivity contribution < 1.29 is 14.3 Å². The minimum atomic E-state index is -0.253. The zero-order valence-electron chi connectivity index (χ0n) is 15.7. The Hall–Kier alpha value is -2.86. The van der Waals surface area contributed by atoms with Crippen LogP contribution in [0.4, 0.5) is 5.69 Å². The van der Waals surface area contributed by atoms with Crippen molar-refractivity contribution in [2.24, 2.45) is 0 Å². The number of hydrogen-bond acceptors (Lipinski definition) is 3. The topological polar surface area (TPSA) is 58.6 Å². The lowest BCUT2D eigenvalue weighted by molar-refractivity contribution is -0.128. The number of anilines is 1. The van der Waals surface area contributed by atoms with Gasteiger partial charge in [-0.2, -0.15) is 0 Å². The summed E-state index contributed by atoms with van der Waals surface area (Å²) in [5.74, 6) is 0.398. The largest absolute Gasteiger partial charge is 0.483 e. The molecule has 0 heterocycles. The van der Waals surface area contributed by atoms with Crippen LogP contribution in [0.1, 0.15) is 5.56 Å². The maximum Gasteiger partial charge on any atom is 0.262 e. The molecule has 0 fully saturated rings. The lowest BCUT2D eigenvalue weighted by Crippen LogP contribution is -2.23. The number of benzene rings is 3. The van der Waals surface area contributed by atoms with Crippen molar-refractivity contribution in [3.63, 3.8) is 0 Å². The van der Waals surface area contributed by atoms with E-state index in [9.17, 15) is 9.59 Å². The van der Waals surface area contributed by atoms with E-state index in [2.05, 4.69) is 21.2 Å². The molecule has 0 spiro atoms. The van der Waals surface area contributed by atoms with E-state index in [1.807, 2.05) is 48.5 Å². The number of nitrogens with zero attached hydrogens (tertiary/aromatic N) is 1. The summed E-state index contributed by atoms with van der Waals surface area (Å²) < 4.78 is 6.50. The number of likely N-dealkylation sites (N-methyl/N-ethyl adjacent to an activating group) is 1. The van der Waals surface area contributed by atoms with E-state index in [0.717, 1.165) is 20.8 Å². The van der Waals surface area contributed by atoms with Gasteiger partial charge in [-0.15, -0.1) is 0 Å². The third-order valence-electron chi connectivity index (χ3n) is 4.28. The molecule has 6 heteroatoms. The molecule has 144 valence electrons. The van der Waals surface area contributed by atoms with Gasteiger partial charge >= 0.3 is 0 Å². The summed E-state index contributed by atoms with van der Waals surface area (Å²) in [6.45, 7) is -0.0994. The van der Waals surface area contributed by atoms with Crippen LogP contribution in [0.5, 0.6) is 5.75 Å². The van der Waals surface area contributed by atoms with Crippen molar-refractivity contribution in [3.8, 4) is 5.75 Å². The highest BCUT2D eigenvalue weighted by Crippen LogP contribution is 2.33. The van der Waals surface area contributed by atoms with Crippen LogP contribution in [-0.2, 0) is 16.0 Å². The van der Waals surface area contributed by atoms with Gasteiger partial charge in [0.1, 0.15) is 5.75 Å². The number of nitrogens with one attached hydrogen (secondary N) is 1. The number of ether oxygens (including phenoxy) is 1. The minimum absolute atomic E-state index is 0.0335. The summed E-state index contributed by atoms with van der Waals surface area (Å²) in [6, 6.07) is 19.0. The van der Waals surface area contributed by atoms with Crippen molar-refractivity contribution in [2.45, 2.75) is 6.42 Å². The Bertz CT molecular complexity index is 1000. The Kier molecular flexibility index (Phi) is 6.31. The van der Waals surface area contributed by atoms with Crippen molar-refractivity contribution >= 4 is 44.2 Å². The normalized spacial score (nSPS) is 10.5. The smallest absolute Gasteiger partial charge is 0.262 e. The molecule has 2 amide bonds. The van der Waals surface area contributed by atoms with Crippen LogP contribution in [0.2, 0.25) is 0 Å². The van der Waals surface area contributed by atoms with Crippen molar-refractivity contribution in [1.82, 2.24) is 4.90 Å². The van der Waals surface area contributed by atoms with Crippen LogP contribution in [-0.4, -0.2) is 37.4 Å². The molecule has 0 aliphatic rings. The number of amides is 2. The highest BCUT2D eigenvalue weighted by atomic mass is 79.9. The maximum atomic E-state index is 12.2. The second-order valence-corrected chi connectivity index (χ2v) is 7.39. The molecule has 0 aliphatic heterocycles. The summed E-state index contributed by atoms with van der Waals surface area (Å²) in [7, 11) is 3.45. The Labute approximate surface area is 172 Å². The number of hydrogen-bond donors (Lipinski definition) is 1. The number of carbonyl (C=O) groups excluding carboxylic acids is 2. The summed E-state index contributed by atoms with van der Waals surface area (Å²) >= 11 is 3.55. The Balaban J connectivity index is 1.57. The van der Waals surface area contributed by atoms with Crippen LogP contribution in [0.25, 0.3) is 10.8 Å². The van der Waals surface area contributed by atoms with Crippen LogP contribution in [0, 0.1) is 0 Å². The number of rotatable bonds is 6. The molecule has 3 aromatic rings. The van der Waals surface area contributed by atoms with E-state index in [4.69, 9.17) is 4.74 Å². The molecule has 0 unspecified atom stereocenters. The van der Waals surface area contributed by atoms with Crippen molar-refractivity contribution in [3.05, 3.63) is 70.7 Å². The predicted octanol–water partition coefficient (Wildman–Crippen LogP) is 4.25. The number of halogens is 1. The zero-order chi connectivity index (χ0) is 20.1. The maximum absolute atomic E-state index is 12.2. The monoisotopic (exact) mass is 440 g/mol. The first-order chi connectivity index (χ1) is 13.4. The van der Waals surface area contributed by atoms with Crippen molar-refractivity contribution in [1.29, 1.82) is 0 Å². The molecular weight excluding hydrogens is 420 g/mol. The molecule has 0 aromatic heterocycles. The van der Waals surface area contributed by atoms with E-state index in [0.29, 0.717) is 17.9 Å². The third-order valence-corrected chi connectivity index (χ3v) is 5.10. The van der Waals surface area contributed by atoms with Gasteiger partial charge in [0, 0.05) is 19.8 Å². The standard InChI is InChI=1S/C22H21BrN2O3/c1-25(2)21(27)13-15-7-10-17(11-8-15)24-20(26)14-28-19-12-9-16-5-3-4-6-18(16)22(19)23/h3-12H,13-14H2,1-2H3,(H,24,26). The van der Waals surface area contributed by atoms with Crippen LogP contribution < -0.4 is 10.1 Å². The fraction of sp³-hybridized carbons (Fsp3) is 0.182. The van der Waals surface area contributed by atoms with Crippen LogP contribution in [0.3, 0.4) is 0 Å². The van der Waals surface area contributed by atoms with Gasteiger partial charge in [-0.25, -0.2) is 0 Å². The molecule has 3 rings (SSSR count). The molecule has 0 atom stereocenters. The summed E-state index contributed by atoms with van der Waals surface area (Å²) in [4.78, 5) is 25.5. The van der Waals surface area contributed by atoms with Crippen LogP contribution in [0.15, 0.2) is 65.1 Å². The summed E-state index contributed by atoms with van der Waals surface area (Å²) in [5, 5.41) is 4.92. The first-order valence-electron chi connectivity index (χ1n) is 8.83. The van der Waals surface area contributed by atoms with E-state index in [-0.39, 0.29) is 18.4 Å². The lowest BCUT2D eigenvalue weighted by Gasteiger charge is -2.12. The van der Waals surface area contributed by atoms with Gasteiger partial charge in [0.2, 0.25) is 5.91 Å². The SMILES string of the molecule is CN(C)C(=O)Cc1ccc(NC(=O)COc2ccc3ccccc3c2Br)cc1. The zero-order valence-corrected chi connectivity index (χ0v) is 17.3. The third kappa shape index (κ3) is 4.89. The van der Waals surface area contributed by atoms with E-state index >= 15 is 0 Å². The predicted molar refractivity (Wildman–Crippen MR) is 115 cm³/mol. The van der Waals surface area contributed by atoms with Gasteiger partial charge in [0.05, 0.1) is 10.9 Å². The molecule has 5 nitrogen and oxygen atoms in total. The first-order valence-corrected chi connectivity index (χ1v) is 9.62. The minimum Gasteiger partial charge on any atom is -0.483 e. The van der Waals surface area contributed by atoms with Crippen molar-refractivity contribution in [2.75, 3.05) is 26.0 Å². The van der Waals surface area contributed by atoms with Gasteiger partial charge in [0.15, 0.2) is 6.61 Å². The second kappa shape index (κ2) is 8.89. The van der Waals surface area contributed by atoms with E-state index < -0.39 is 0 Å². The fourth-order valence-electron chi connectivity index (χ4n) is 2.70. The average Bonchev–Trinajstić information content (AvgIpc) is 2.69. The fourth-order valence-corrected chi connectivity index (χ4v) is 3.31. The van der Waals surface area contributed by atoms with Gasteiger partial charge in [-0.1, -0.05) is 42.5 Å². The van der Waals surface area contributed by atoms with Gasteiger partial charge < -0.3 is 15.0 Å². The van der Waals surface area contributed by atoms with Crippen LogP contribution >= 0.6 is 15.9 Å². The molecule has 1 N–H and O–H groups in total. The quantitative estimate of drug-likeness (QED) is 0.622. The highest BCUT2D eigenvalue weighted by Gasteiger charge is 2.10. The Morgan fingerprint density at radius 2 is 1.71 bits per heavy atom. The first kappa shape index (κ1) is 19.9. The lowest BCUT2D eigenvalue weighted by atomic mass is 10.1. The van der Waals surface area contributed by atoms with E-state index in [1.165, 1.54) is 0 Å². The Morgan fingerprint density at radius 1 is 1.00 bits per heavy atom. The molecular formula is C22H21BrN2O3. The highest BCUT2D eigenvalue weighted by molar-refractivity contribution is 9.10. The molecule has 0 saturated heterocycles. The molecule has 0 radical (unpaired) electrons. The molecule has 0 bridgehead atoms. The molecule has 0 saturated carbocycles. The molecule has 0 aliphatic carbocycles. The van der Waals surface area contributed by atoms with Gasteiger partial charge in [0.25, 0.3) is 5.91 Å². The average molecular weight is 441 g/mol. The number of carbonyl (C=O) groups is 2.